The van der Waals surface area contributed by atoms with Crippen LogP contribution in [0.2, 0.25) is 0 Å². The molecule has 6 nitrogen and oxygen atoms in total. The summed E-state index contributed by atoms with van der Waals surface area (Å²) in [6, 6.07) is 5.81. The number of nitrogens with zero attached hydrogens (tertiary/aromatic N) is 4. The van der Waals surface area contributed by atoms with E-state index >= 15 is 0 Å². The van der Waals surface area contributed by atoms with Gasteiger partial charge in [-0.2, -0.15) is 4.98 Å². The average Bonchev–Trinajstić information content (AvgIpc) is 3.09. The van der Waals surface area contributed by atoms with E-state index in [1.165, 1.54) is 23.5 Å². The maximum atomic E-state index is 13.6. The first kappa shape index (κ1) is 14.7. The molecule has 120 valence electrons. The smallest absolute Gasteiger partial charge is 0.258 e. The van der Waals surface area contributed by atoms with Gasteiger partial charge in [-0.15, -0.1) is 16.4 Å². The number of benzene rings is 1. The summed E-state index contributed by atoms with van der Waals surface area (Å²) >= 11 is 1.44. The van der Waals surface area contributed by atoms with Crippen LogP contribution in [0.15, 0.2) is 29.6 Å². The highest BCUT2D eigenvalue weighted by molar-refractivity contribution is 7.15. The zero-order valence-electron chi connectivity index (χ0n) is 12.9. The number of aromatic nitrogens is 4. The molecular formula is C16H12FN5OS. The number of hydrogen-bond acceptors (Lipinski definition) is 5. The number of pyridine rings is 1. The number of amides is 1. The zero-order chi connectivity index (χ0) is 16.8. The van der Waals surface area contributed by atoms with Gasteiger partial charge >= 0.3 is 0 Å². The van der Waals surface area contributed by atoms with Gasteiger partial charge < -0.3 is 0 Å². The number of hydrogen-bond donors (Lipinski definition) is 1. The molecule has 0 saturated heterocycles. The summed E-state index contributed by atoms with van der Waals surface area (Å²) in [5.41, 5.74) is 2.52. The highest BCUT2D eigenvalue weighted by Crippen LogP contribution is 2.21. The lowest BCUT2D eigenvalue weighted by Crippen LogP contribution is -2.14. The third-order valence-corrected chi connectivity index (χ3v) is 4.55. The fraction of sp³-hybridized carbons (Fsp3) is 0.125. The lowest BCUT2D eigenvalue weighted by atomic mass is 10.1. The summed E-state index contributed by atoms with van der Waals surface area (Å²) in [5.74, 6) is -0.598. The van der Waals surface area contributed by atoms with Crippen molar-refractivity contribution >= 4 is 39.1 Å². The van der Waals surface area contributed by atoms with E-state index in [1.54, 1.807) is 23.6 Å². The van der Waals surface area contributed by atoms with Crippen molar-refractivity contribution in [3.8, 4) is 0 Å². The number of halogens is 1. The lowest BCUT2D eigenvalue weighted by molar-refractivity contribution is 0.102. The molecule has 24 heavy (non-hydrogen) atoms. The number of thiazole rings is 1. The van der Waals surface area contributed by atoms with Crippen LogP contribution in [0.1, 0.15) is 21.7 Å². The van der Waals surface area contributed by atoms with E-state index in [2.05, 4.69) is 20.4 Å². The van der Waals surface area contributed by atoms with E-state index < -0.39 is 11.7 Å². The van der Waals surface area contributed by atoms with Gasteiger partial charge in [-0.3, -0.25) is 15.1 Å². The fourth-order valence-corrected chi connectivity index (χ4v) is 3.33. The van der Waals surface area contributed by atoms with Crippen molar-refractivity contribution in [2.45, 2.75) is 13.8 Å². The first-order chi connectivity index (χ1) is 11.5. The van der Waals surface area contributed by atoms with Crippen LogP contribution in [0.5, 0.6) is 0 Å². The van der Waals surface area contributed by atoms with Crippen LogP contribution in [-0.4, -0.2) is 25.5 Å². The lowest BCUT2D eigenvalue weighted by Gasteiger charge is -2.07. The zero-order valence-corrected chi connectivity index (χ0v) is 13.7. The minimum Gasteiger partial charge on any atom is -0.289 e. The van der Waals surface area contributed by atoms with E-state index in [-0.39, 0.29) is 5.95 Å². The van der Waals surface area contributed by atoms with Crippen LogP contribution in [0, 0.1) is 19.7 Å². The highest BCUT2D eigenvalue weighted by atomic mass is 32.1. The first-order valence-corrected chi connectivity index (χ1v) is 8.08. The molecule has 0 aliphatic rings. The van der Waals surface area contributed by atoms with Crippen molar-refractivity contribution in [3.63, 3.8) is 0 Å². The maximum absolute atomic E-state index is 13.6. The summed E-state index contributed by atoms with van der Waals surface area (Å²) in [4.78, 5) is 21.9. The molecule has 0 bridgehead atoms. The van der Waals surface area contributed by atoms with Gasteiger partial charge in [0.25, 0.3) is 11.9 Å². The minimum atomic E-state index is -0.418. The SMILES string of the molecule is Cc1cc(C(=O)Nc2nc3scc(C)n3n2)c2cc(F)ccc2n1. The third kappa shape index (κ3) is 2.41. The Hall–Kier alpha value is -2.87. The Bertz CT molecular complexity index is 1100. The minimum absolute atomic E-state index is 0.217. The summed E-state index contributed by atoms with van der Waals surface area (Å²) in [6.45, 7) is 3.69. The Labute approximate surface area is 140 Å². The molecule has 1 N–H and O–H groups in total. The fourth-order valence-electron chi connectivity index (χ4n) is 2.53. The molecule has 0 unspecified atom stereocenters. The highest BCUT2D eigenvalue weighted by Gasteiger charge is 2.16. The molecule has 3 aromatic heterocycles. The molecule has 0 atom stereocenters. The maximum Gasteiger partial charge on any atom is 0.258 e. The molecule has 0 aliphatic heterocycles. The van der Waals surface area contributed by atoms with Gasteiger partial charge in [0.2, 0.25) is 4.96 Å². The van der Waals surface area contributed by atoms with Crippen LogP contribution in [0.4, 0.5) is 10.3 Å². The second kappa shape index (κ2) is 5.34. The molecule has 1 aromatic carbocycles. The number of carbonyl (C=O) groups excluding carboxylic acids is 1. The van der Waals surface area contributed by atoms with Gasteiger partial charge in [-0.05, 0) is 38.1 Å². The predicted octanol–water partition coefficient (Wildman–Crippen LogP) is 3.35. The first-order valence-electron chi connectivity index (χ1n) is 7.20. The Balaban J connectivity index is 1.75. The summed E-state index contributed by atoms with van der Waals surface area (Å²) in [6.07, 6.45) is 0. The van der Waals surface area contributed by atoms with E-state index in [9.17, 15) is 9.18 Å². The molecule has 0 spiro atoms. The molecule has 3 heterocycles. The van der Waals surface area contributed by atoms with E-state index in [1.807, 2.05) is 12.3 Å². The molecule has 4 rings (SSSR count). The van der Waals surface area contributed by atoms with Gasteiger partial charge in [-0.1, -0.05) is 0 Å². The number of anilines is 1. The Morgan fingerprint density at radius 3 is 2.88 bits per heavy atom. The molecule has 0 aliphatic carbocycles. The van der Waals surface area contributed by atoms with E-state index in [4.69, 9.17) is 0 Å². The number of carbonyl (C=O) groups is 1. The van der Waals surface area contributed by atoms with Crippen LogP contribution in [0.25, 0.3) is 15.9 Å². The number of fused-ring (bicyclic) bond motifs is 2. The van der Waals surface area contributed by atoms with E-state index in [0.29, 0.717) is 27.1 Å². The van der Waals surface area contributed by atoms with Crippen molar-refractivity contribution in [2.24, 2.45) is 0 Å². The monoisotopic (exact) mass is 341 g/mol. The molecule has 0 radical (unpaired) electrons. The van der Waals surface area contributed by atoms with Gasteiger partial charge in [0.1, 0.15) is 5.82 Å². The summed E-state index contributed by atoms with van der Waals surface area (Å²) < 4.78 is 15.2. The second-order valence-corrected chi connectivity index (χ2v) is 6.27. The van der Waals surface area contributed by atoms with Crippen LogP contribution in [0.3, 0.4) is 0 Å². The molecule has 0 saturated carbocycles. The molecule has 0 fully saturated rings. The largest absolute Gasteiger partial charge is 0.289 e. The van der Waals surface area contributed by atoms with Crippen LogP contribution in [-0.2, 0) is 0 Å². The molecular weight excluding hydrogens is 329 g/mol. The van der Waals surface area contributed by atoms with Gasteiger partial charge in [-0.25, -0.2) is 8.91 Å². The predicted molar refractivity (Wildman–Crippen MR) is 90.0 cm³/mol. The number of nitrogens with one attached hydrogen (secondary N) is 1. The van der Waals surface area contributed by atoms with E-state index in [0.717, 1.165) is 5.69 Å². The summed E-state index contributed by atoms with van der Waals surface area (Å²) in [7, 11) is 0. The Kier molecular flexibility index (Phi) is 3.27. The second-order valence-electron chi connectivity index (χ2n) is 5.43. The quantitative estimate of drug-likeness (QED) is 0.607. The van der Waals surface area contributed by atoms with Crippen molar-refractivity contribution < 1.29 is 9.18 Å². The van der Waals surface area contributed by atoms with Crippen LogP contribution >= 0.6 is 11.3 Å². The third-order valence-electron chi connectivity index (χ3n) is 3.62. The van der Waals surface area contributed by atoms with Crippen molar-refractivity contribution in [1.29, 1.82) is 0 Å². The van der Waals surface area contributed by atoms with Gasteiger partial charge in [0, 0.05) is 16.5 Å². The van der Waals surface area contributed by atoms with Gasteiger partial charge in [0.05, 0.1) is 16.8 Å². The molecule has 1 amide bonds. The normalized spacial score (nSPS) is 11.3. The van der Waals surface area contributed by atoms with Crippen molar-refractivity contribution in [2.75, 3.05) is 5.32 Å². The van der Waals surface area contributed by atoms with Crippen molar-refractivity contribution in [1.82, 2.24) is 19.6 Å². The number of rotatable bonds is 2. The Morgan fingerprint density at radius 2 is 2.08 bits per heavy atom. The molecule has 4 aromatic rings. The number of aryl methyl sites for hydroxylation is 2. The standard InChI is InChI=1S/C16H12FN5OS/c1-8-5-12(11-6-10(17)3-4-13(11)18-8)14(23)19-15-20-16-22(21-15)9(2)7-24-16/h3-7H,1-2H3,(H,19,21,23). The Morgan fingerprint density at radius 1 is 1.25 bits per heavy atom. The van der Waals surface area contributed by atoms with Gasteiger partial charge in [0.15, 0.2) is 0 Å². The molecule has 8 heteroatoms. The van der Waals surface area contributed by atoms with Crippen LogP contribution < -0.4 is 5.32 Å². The average molecular weight is 341 g/mol. The topological polar surface area (TPSA) is 72.2 Å². The summed E-state index contributed by atoms with van der Waals surface area (Å²) in [5, 5.41) is 9.31. The van der Waals surface area contributed by atoms with Crippen molar-refractivity contribution in [3.05, 3.63) is 52.4 Å².